The molecule has 0 spiro atoms. The van der Waals surface area contributed by atoms with Crippen LogP contribution in [0.4, 0.5) is 45.5 Å². The van der Waals surface area contributed by atoms with Crippen LogP contribution in [-0.2, 0) is 32.5 Å². The zero-order valence-corrected chi connectivity index (χ0v) is 52.9. The Morgan fingerprint density at radius 3 is 1.61 bits per heavy atom. The van der Waals surface area contributed by atoms with Crippen LogP contribution in [0.25, 0.3) is 22.3 Å². The van der Waals surface area contributed by atoms with Crippen molar-refractivity contribution >= 4 is 68.6 Å². The summed E-state index contributed by atoms with van der Waals surface area (Å²) in [5.74, 6) is 0. The van der Waals surface area contributed by atoms with Gasteiger partial charge < -0.3 is 14.7 Å². The maximum atomic E-state index is 2.83. The predicted octanol–water partition coefficient (Wildman–Crippen LogP) is 19.8. The van der Waals surface area contributed by atoms with Gasteiger partial charge in [0.1, 0.15) is 0 Å². The van der Waals surface area contributed by atoms with Crippen LogP contribution in [0, 0.1) is 20.8 Å². The van der Waals surface area contributed by atoms with E-state index in [9.17, 15) is 0 Å². The highest BCUT2D eigenvalue weighted by Crippen LogP contribution is 2.62. The minimum Gasteiger partial charge on any atom is -0.334 e. The number of nitrogens with zero attached hydrogens (tertiary/aromatic N) is 3. The Balaban J connectivity index is 1.08. The van der Waals surface area contributed by atoms with Gasteiger partial charge in [-0.25, -0.2) is 0 Å². The Hall–Kier alpha value is -6.78. The van der Waals surface area contributed by atoms with Crippen molar-refractivity contribution in [2.75, 3.05) is 14.7 Å². The number of hydrogen-bond acceptors (Lipinski definition) is 3. The first-order valence-electron chi connectivity index (χ1n) is 31.7. The van der Waals surface area contributed by atoms with Gasteiger partial charge in [0, 0.05) is 50.8 Å². The molecule has 0 radical (unpaired) electrons. The molecule has 422 valence electrons. The van der Waals surface area contributed by atoms with E-state index < -0.39 is 0 Å². The Morgan fingerprint density at radius 2 is 0.964 bits per heavy atom. The second-order valence-corrected chi connectivity index (χ2v) is 30.8. The van der Waals surface area contributed by atoms with E-state index in [1.165, 1.54) is 160 Å². The van der Waals surface area contributed by atoms with Crippen LogP contribution >= 0.6 is 0 Å². The van der Waals surface area contributed by atoms with Crippen molar-refractivity contribution in [3.63, 3.8) is 0 Å². The molecule has 3 aliphatic carbocycles. The third-order valence-corrected chi connectivity index (χ3v) is 22.6. The lowest BCUT2D eigenvalue weighted by Crippen LogP contribution is -2.62. The standard InChI is InChI=1S/C79H88BN3/c1-49-40-70-72-71(41-49)82(67-47-60-58(42-51(67)3)74(7,8)36-38-76(60,11)12)68-45-55(83-66-32-28-53(56-27-21-20-24-50(56)2)43-62(66)78(15)34-22-23-35-79(78,83)16)30-31-63(68)80(72)64-46-59-61(77(13,14)39-37-75(59,9)10)48-69(64)81(70)65-33-29-54(73(4,5)6)44-57(65)52-25-18-17-19-26-52/h17-21,24-33,40-48H,22-23,34-39H2,1-16H3. The van der Waals surface area contributed by atoms with Gasteiger partial charge in [-0.3, -0.25) is 0 Å². The fraction of sp³-hybridized carbons (Fsp3) is 0.392. The third-order valence-electron chi connectivity index (χ3n) is 22.6. The van der Waals surface area contributed by atoms with Crippen LogP contribution in [0.2, 0.25) is 0 Å². The van der Waals surface area contributed by atoms with Gasteiger partial charge in [-0.2, -0.15) is 0 Å². The highest BCUT2D eigenvalue weighted by atomic mass is 15.3. The number of rotatable bonds is 5. The molecule has 2 atom stereocenters. The molecule has 0 saturated heterocycles. The largest absolute Gasteiger partial charge is 0.334 e. The van der Waals surface area contributed by atoms with Crippen molar-refractivity contribution in [2.24, 2.45) is 0 Å². The fourth-order valence-electron chi connectivity index (χ4n) is 17.0. The van der Waals surface area contributed by atoms with E-state index >= 15 is 0 Å². The minimum atomic E-state index is -0.126. The smallest absolute Gasteiger partial charge is 0.252 e. The second-order valence-electron chi connectivity index (χ2n) is 30.8. The van der Waals surface area contributed by atoms with Gasteiger partial charge in [-0.15, -0.1) is 0 Å². The van der Waals surface area contributed by atoms with Crippen molar-refractivity contribution in [1.29, 1.82) is 0 Å². The number of benzene rings is 8. The molecular formula is C79H88BN3. The maximum absolute atomic E-state index is 2.83. The van der Waals surface area contributed by atoms with Crippen molar-refractivity contribution < 1.29 is 0 Å². The second kappa shape index (κ2) is 18.1. The molecule has 0 N–H and O–H groups in total. The normalized spacial score (nSPS) is 22.0. The first kappa shape index (κ1) is 54.2. The molecular weight excluding hydrogens is 1000 g/mol. The molecule has 3 aliphatic heterocycles. The maximum Gasteiger partial charge on any atom is 0.252 e. The lowest BCUT2D eigenvalue weighted by molar-refractivity contribution is 0.195. The molecule has 6 aliphatic rings. The molecule has 14 rings (SSSR count). The average Bonchev–Trinajstić information content (AvgIpc) is 1.86. The van der Waals surface area contributed by atoms with E-state index in [4.69, 9.17) is 0 Å². The van der Waals surface area contributed by atoms with Crippen molar-refractivity contribution in [1.82, 2.24) is 0 Å². The van der Waals surface area contributed by atoms with E-state index in [2.05, 4.69) is 271 Å². The van der Waals surface area contributed by atoms with E-state index in [1.54, 1.807) is 0 Å². The van der Waals surface area contributed by atoms with Gasteiger partial charge in [0.2, 0.25) is 0 Å². The Labute approximate surface area is 498 Å². The third kappa shape index (κ3) is 7.95. The molecule has 1 fully saturated rings. The van der Waals surface area contributed by atoms with Crippen LogP contribution in [0.5, 0.6) is 0 Å². The monoisotopic (exact) mass is 1090 g/mol. The summed E-state index contributed by atoms with van der Waals surface area (Å²) in [6.07, 6.45) is 9.46. The molecule has 1 saturated carbocycles. The summed E-state index contributed by atoms with van der Waals surface area (Å²) >= 11 is 0. The minimum absolute atomic E-state index is 0.0148. The Kier molecular flexibility index (Phi) is 11.8. The highest BCUT2D eigenvalue weighted by molar-refractivity contribution is 7.00. The Morgan fingerprint density at radius 1 is 0.398 bits per heavy atom. The molecule has 3 heterocycles. The SMILES string of the molecule is Cc1cc2c3c(c1)N(c1ccc(C(C)(C)C)cc1-c1ccccc1)c1cc4c(cc1B3c1ccc(N3c5ccc(-c6ccccc6C)cc5C5(C)CCCCC35C)cc1N2c1cc2c(cc1C)C(C)(C)CCC2(C)C)C(C)(C)CCC4(C)C. The molecule has 8 aromatic rings. The summed E-state index contributed by atoms with van der Waals surface area (Å²) in [4.78, 5) is 8.32. The summed E-state index contributed by atoms with van der Waals surface area (Å²) in [5.41, 5.74) is 32.5. The molecule has 83 heavy (non-hydrogen) atoms. The number of fused-ring (bicyclic) bond motifs is 9. The van der Waals surface area contributed by atoms with Crippen molar-refractivity contribution in [2.45, 2.75) is 200 Å². The number of anilines is 8. The molecule has 3 nitrogen and oxygen atoms in total. The van der Waals surface area contributed by atoms with Gasteiger partial charge >= 0.3 is 0 Å². The molecule has 0 amide bonds. The molecule has 0 aromatic heterocycles. The quantitative estimate of drug-likeness (QED) is 0.159. The summed E-state index contributed by atoms with van der Waals surface area (Å²) < 4.78 is 0. The van der Waals surface area contributed by atoms with Gasteiger partial charge in [-0.05, 0) is 237 Å². The number of aryl methyl sites for hydroxylation is 3. The molecule has 0 bridgehead atoms. The Bertz CT molecular complexity index is 4020. The zero-order chi connectivity index (χ0) is 58.3. The summed E-state index contributed by atoms with van der Waals surface area (Å²) in [7, 11) is 0. The first-order valence-corrected chi connectivity index (χ1v) is 31.7. The number of hydrogen-bond donors (Lipinski definition) is 0. The zero-order valence-electron chi connectivity index (χ0n) is 52.9. The van der Waals surface area contributed by atoms with Crippen molar-refractivity contribution in [3.05, 3.63) is 196 Å². The lowest BCUT2D eigenvalue weighted by atomic mass is 9.33. The summed E-state index contributed by atoms with van der Waals surface area (Å²) in [6.45, 7) is 39.3. The van der Waals surface area contributed by atoms with Gasteiger partial charge in [0.25, 0.3) is 6.71 Å². The van der Waals surface area contributed by atoms with Gasteiger partial charge in [-0.1, -0.05) is 181 Å². The molecule has 8 aromatic carbocycles. The van der Waals surface area contributed by atoms with Crippen LogP contribution in [0.1, 0.15) is 191 Å². The van der Waals surface area contributed by atoms with Gasteiger partial charge in [0.05, 0.1) is 11.2 Å². The lowest BCUT2D eigenvalue weighted by Gasteiger charge is -2.51. The summed E-state index contributed by atoms with van der Waals surface area (Å²) in [5, 5.41) is 0. The average molecular weight is 1090 g/mol. The first-order chi connectivity index (χ1) is 39.2. The van der Waals surface area contributed by atoms with Crippen molar-refractivity contribution in [3.8, 4) is 22.3 Å². The highest BCUT2D eigenvalue weighted by Gasteiger charge is 2.58. The van der Waals surface area contributed by atoms with Crippen LogP contribution in [0.15, 0.2) is 146 Å². The molecule has 4 heteroatoms. The van der Waals surface area contributed by atoms with E-state index in [1.807, 2.05) is 0 Å². The molecule has 2 unspecified atom stereocenters. The predicted molar refractivity (Wildman–Crippen MR) is 358 cm³/mol. The van der Waals surface area contributed by atoms with E-state index in [-0.39, 0.29) is 44.7 Å². The van der Waals surface area contributed by atoms with Crippen LogP contribution in [-0.4, -0.2) is 12.3 Å². The topological polar surface area (TPSA) is 9.72 Å². The fourth-order valence-corrected chi connectivity index (χ4v) is 17.0. The van der Waals surface area contributed by atoms with Gasteiger partial charge in [0.15, 0.2) is 0 Å². The van der Waals surface area contributed by atoms with E-state index in [0.29, 0.717) is 0 Å². The summed E-state index contributed by atoms with van der Waals surface area (Å²) in [6, 6.07) is 58.6. The van der Waals surface area contributed by atoms with E-state index in [0.717, 1.165) is 25.7 Å². The van der Waals surface area contributed by atoms with Crippen LogP contribution < -0.4 is 31.1 Å². The van der Waals surface area contributed by atoms with Crippen LogP contribution in [0.3, 0.4) is 0 Å².